The molecule has 0 aromatic carbocycles. The molecule has 0 bridgehead atoms. The van der Waals surface area contributed by atoms with E-state index in [1.165, 1.54) is 25.7 Å². The quantitative estimate of drug-likeness (QED) is 0.143. The molecular formula is C21H42IN7S. The molecule has 7 nitrogen and oxygen atoms in total. The Morgan fingerprint density at radius 2 is 1.77 bits per heavy atom. The fraction of sp³-hybridized carbons (Fsp3) is 0.857. The molecule has 1 aromatic rings. The summed E-state index contributed by atoms with van der Waals surface area (Å²) in [6, 6.07) is 1.69. The van der Waals surface area contributed by atoms with Crippen LogP contribution in [-0.2, 0) is 6.42 Å². The van der Waals surface area contributed by atoms with Crippen LogP contribution in [0, 0.1) is 0 Å². The Bertz CT molecular complexity index is 619. The van der Waals surface area contributed by atoms with Crippen LogP contribution in [0.3, 0.4) is 0 Å². The minimum Gasteiger partial charge on any atom is -0.356 e. The zero-order valence-electron chi connectivity index (χ0n) is 19.6. The second-order valence-electron chi connectivity index (χ2n) is 8.37. The van der Waals surface area contributed by atoms with Gasteiger partial charge in [-0.25, -0.2) is 0 Å². The molecule has 0 spiro atoms. The highest BCUT2D eigenvalue weighted by Gasteiger charge is 2.23. The van der Waals surface area contributed by atoms with E-state index < -0.39 is 0 Å². The molecule has 1 heterocycles. The largest absolute Gasteiger partial charge is 0.356 e. The minimum absolute atomic E-state index is 0. The summed E-state index contributed by atoms with van der Waals surface area (Å²) < 4.78 is 2.40. The first-order valence-electron chi connectivity index (χ1n) is 11.2. The van der Waals surface area contributed by atoms with Crippen LogP contribution in [-0.4, -0.2) is 70.6 Å². The third-order valence-electron chi connectivity index (χ3n) is 5.69. The van der Waals surface area contributed by atoms with Crippen LogP contribution >= 0.6 is 35.7 Å². The highest BCUT2D eigenvalue weighted by molar-refractivity contribution is 14.0. The Hall–Kier alpha value is -0.550. The number of hydrogen-bond acceptors (Lipinski definition) is 5. The maximum Gasteiger partial charge on any atom is 0.191 e. The van der Waals surface area contributed by atoms with Gasteiger partial charge in [-0.3, -0.25) is 9.89 Å². The first-order valence-corrected chi connectivity index (χ1v) is 12.4. The molecule has 174 valence electrons. The molecule has 0 unspecified atom stereocenters. The Labute approximate surface area is 204 Å². The fourth-order valence-electron chi connectivity index (χ4n) is 4.24. The van der Waals surface area contributed by atoms with Gasteiger partial charge >= 0.3 is 0 Å². The second kappa shape index (κ2) is 14.5. The number of halogens is 1. The highest BCUT2D eigenvalue weighted by Crippen LogP contribution is 2.33. The molecule has 9 heteroatoms. The van der Waals surface area contributed by atoms with E-state index >= 15 is 0 Å². The number of rotatable bonds is 11. The van der Waals surface area contributed by atoms with E-state index in [4.69, 9.17) is 0 Å². The van der Waals surface area contributed by atoms with Crippen molar-refractivity contribution in [3.05, 3.63) is 5.82 Å². The summed E-state index contributed by atoms with van der Waals surface area (Å²) in [6.45, 7) is 11.8. The van der Waals surface area contributed by atoms with Crippen molar-refractivity contribution in [2.75, 3.05) is 32.9 Å². The van der Waals surface area contributed by atoms with Crippen molar-refractivity contribution in [2.24, 2.45) is 4.99 Å². The lowest BCUT2D eigenvalue weighted by Gasteiger charge is -2.30. The number of nitrogens with zero attached hydrogens (tertiary/aromatic N) is 5. The molecule has 2 N–H and O–H groups in total. The fourth-order valence-corrected chi connectivity index (χ4v) is 4.81. The van der Waals surface area contributed by atoms with Gasteiger partial charge in [-0.15, -0.1) is 34.2 Å². The molecular weight excluding hydrogens is 509 g/mol. The second-order valence-corrected chi connectivity index (χ2v) is 9.14. The molecule has 1 saturated carbocycles. The average Bonchev–Trinajstić information content (AvgIpc) is 3.35. The molecule has 1 aromatic heterocycles. The van der Waals surface area contributed by atoms with E-state index in [0.717, 1.165) is 49.4 Å². The van der Waals surface area contributed by atoms with Crippen molar-refractivity contribution in [3.63, 3.8) is 0 Å². The topological polar surface area (TPSA) is 70.4 Å². The van der Waals surface area contributed by atoms with Crippen molar-refractivity contribution in [3.8, 4) is 0 Å². The van der Waals surface area contributed by atoms with Gasteiger partial charge in [0.25, 0.3) is 0 Å². The summed E-state index contributed by atoms with van der Waals surface area (Å²) in [4.78, 5) is 6.84. The van der Waals surface area contributed by atoms with Crippen molar-refractivity contribution < 1.29 is 0 Å². The molecule has 0 aliphatic heterocycles. The lowest BCUT2D eigenvalue weighted by Crippen LogP contribution is -2.45. The molecule has 30 heavy (non-hydrogen) atoms. The zero-order valence-corrected chi connectivity index (χ0v) is 22.8. The number of aryl methyl sites for hydroxylation is 1. The van der Waals surface area contributed by atoms with E-state index in [9.17, 15) is 0 Å². The van der Waals surface area contributed by atoms with Gasteiger partial charge in [-0.2, -0.15) is 0 Å². The smallest absolute Gasteiger partial charge is 0.191 e. The van der Waals surface area contributed by atoms with E-state index in [-0.39, 0.29) is 24.0 Å². The third kappa shape index (κ3) is 8.18. The van der Waals surface area contributed by atoms with E-state index in [0.29, 0.717) is 18.1 Å². The van der Waals surface area contributed by atoms with Crippen LogP contribution in [0.2, 0.25) is 0 Å². The Morgan fingerprint density at radius 3 is 2.33 bits per heavy atom. The molecule has 1 fully saturated rings. The van der Waals surface area contributed by atoms with Crippen molar-refractivity contribution >= 4 is 41.7 Å². The normalized spacial score (nSPS) is 15.3. The summed E-state index contributed by atoms with van der Waals surface area (Å²) in [5, 5.41) is 16.8. The Morgan fingerprint density at radius 1 is 1.13 bits per heavy atom. The number of guanidine groups is 1. The van der Waals surface area contributed by atoms with E-state index in [2.05, 4.69) is 69.2 Å². The summed E-state index contributed by atoms with van der Waals surface area (Å²) in [5.41, 5.74) is 0. The van der Waals surface area contributed by atoms with Crippen molar-refractivity contribution in [1.29, 1.82) is 0 Å². The van der Waals surface area contributed by atoms with Gasteiger partial charge in [0, 0.05) is 51.2 Å². The zero-order chi connectivity index (χ0) is 21.2. The number of hydrogen-bond donors (Lipinski definition) is 2. The maximum absolute atomic E-state index is 4.48. The standard InChI is InChI=1S/C21H41N7S.HI/c1-16(2)27(17(3)4)15-14-24-20(22-5)23-13-9-12-19-25-26-21(29-6)28(19)18-10-7-8-11-18;/h16-18H,7-15H2,1-6H3,(H2,22,23,24);1H. The van der Waals surface area contributed by atoms with Crippen LogP contribution < -0.4 is 10.6 Å². The van der Waals surface area contributed by atoms with Gasteiger partial charge in [0.05, 0.1) is 0 Å². The maximum atomic E-state index is 4.48. The molecule has 1 aliphatic rings. The van der Waals surface area contributed by atoms with E-state index in [1.807, 2.05) is 7.05 Å². The molecule has 0 atom stereocenters. The van der Waals surface area contributed by atoms with Crippen LogP contribution in [0.1, 0.15) is 71.7 Å². The minimum atomic E-state index is 0. The van der Waals surface area contributed by atoms with Gasteiger partial charge < -0.3 is 15.2 Å². The predicted octanol–water partition coefficient (Wildman–Crippen LogP) is 3.95. The van der Waals surface area contributed by atoms with Gasteiger partial charge in [0.2, 0.25) is 0 Å². The monoisotopic (exact) mass is 551 g/mol. The molecule has 1 aliphatic carbocycles. The molecule has 0 radical (unpaired) electrons. The van der Waals surface area contributed by atoms with Gasteiger partial charge in [0.15, 0.2) is 11.1 Å². The molecule has 0 amide bonds. The number of nitrogens with one attached hydrogen (secondary N) is 2. The summed E-state index contributed by atoms with van der Waals surface area (Å²) >= 11 is 1.71. The van der Waals surface area contributed by atoms with Crippen LogP contribution in [0.4, 0.5) is 0 Å². The van der Waals surface area contributed by atoms with Crippen molar-refractivity contribution in [2.45, 2.75) is 89.5 Å². The number of aromatic nitrogens is 3. The molecule has 2 rings (SSSR count). The third-order valence-corrected chi connectivity index (χ3v) is 6.33. The van der Waals surface area contributed by atoms with Gasteiger partial charge in [0.1, 0.15) is 5.82 Å². The Kier molecular flexibility index (Phi) is 13.3. The van der Waals surface area contributed by atoms with Gasteiger partial charge in [-0.05, 0) is 53.2 Å². The predicted molar refractivity (Wildman–Crippen MR) is 139 cm³/mol. The highest BCUT2D eigenvalue weighted by atomic mass is 127. The number of thioether (sulfide) groups is 1. The van der Waals surface area contributed by atoms with E-state index in [1.54, 1.807) is 11.8 Å². The van der Waals surface area contributed by atoms with Crippen LogP contribution in [0.5, 0.6) is 0 Å². The lowest BCUT2D eigenvalue weighted by atomic mass is 10.2. The summed E-state index contributed by atoms with van der Waals surface area (Å²) in [6.07, 6.45) is 9.23. The number of aliphatic imine (C=N–C) groups is 1. The van der Waals surface area contributed by atoms with Crippen LogP contribution in [0.15, 0.2) is 10.1 Å². The first-order chi connectivity index (χ1) is 14.0. The lowest BCUT2D eigenvalue weighted by molar-refractivity contribution is 0.178. The van der Waals surface area contributed by atoms with Crippen molar-refractivity contribution in [1.82, 2.24) is 30.3 Å². The molecule has 0 saturated heterocycles. The Balaban J connectivity index is 0.00000450. The van der Waals surface area contributed by atoms with Crippen LogP contribution in [0.25, 0.3) is 0 Å². The summed E-state index contributed by atoms with van der Waals surface area (Å²) in [7, 11) is 1.83. The average molecular weight is 552 g/mol. The van der Waals surface area contributed by atoms with Gasteiger partial charge in [-0.1, -0.05) is 24.6 Å². The first kappa shape index (κ1) is 27.5. The SMILES string of the molecule is CN=C(NCCCc1nnc(SC)n1C1CCCC1)NCCN(C(C)C)C(C)C.I. The summed E-state index contributed by atoms with van der Waals surface area (Å²) in [5.74, 6) is 2.01.